The van der Waals surface area contributed by atoms with Crippen LogP contribution in [0.1, 0.15) is 5.56 Å². The molecule has 0 saturated heterocycles. The second kappa shape index (κ2) is 9.98. The highest BCUT2D eigenvalue weighted by Crippen LogP contribution is 2.74. The lowest BCUT2D eigenvalue weighted by molar-refractivity contribution is 0.507. The predicted octanol–water partition coefficient (Wildman–Crippen LogP) is 11.5. The molecule has 0 fully saturated rings. The van der Waals surface area contributed by atoms with Gasteiger partial charge in [-0.3, -0.25) is 0 Å². The van der Waals surface area contributed by atoms with Crippen LogP contribution in [0.5, 0.6) is 0 Å². The number of alkyl halides is 8. The average molecular weight is 1150 g/mol. The lowest BCUT2D eigenvalue weighted by atomic mass is 9.83. The van der Waals surface area contributed by atoms with Gasteiger partial charge in [0.2, 0.25) is 0 Å². The van der Waals surface area contributed by atoms with Crippen LogP contribution in [0.4, 0.5) is 0 Å². The zero-order valence-electron chi connectivity index (χ0n) is 12.5. The van der Waals surface area contributed by atoms with Crippen molar-refractivity contribution in [3.05, 3.63) is 53.8 Å². The molecular formula is C15H6Br12. The van der Waals surface area contributed by atoms with E-state index in [9.17, 15) is 0 Å². The quantitative estimate of drug-likeness (QED) is 0.265. The molecule has 1 aliphatic rings. The molecule has 1 aliphatic carbocycles. The third-order valence-corrected chi connectivity index (χ3v) is 22.3. The number of benzene rings is 1. The summed E-state index contributed by atoms with van der Waals surface area (Å²) in [6.45, 7) is 0. The van der Waals surface area contributed by atoms with Gasteiger partial charge in [0.05, 0.1) is 9.15 Å². The Morgan fingerprint density at radius 2 is 1.26 bits per heavy atom. The van der Waals surface area contributed by atoms with Crippen molar-refractivity contribution < 1.29 is 0 Å². The van der Waals surface area contributed by atoms with Gasteiger partial charge < -0.3 is 0 Å². The van der Waals surface area contributed by atoms with E-state index in [1.54, 1.807) is 0 Å². The van der Waals surface area contributed by atoms with Crippen LogP contribution in [0, 0.1) is 0 Å². The van der Waals surface area contributed by atoms with Gasteiger partial charge in [-0.2, -0.15) is 0 Å². The van der Waals surface area contributed by atoms with Gasteiger partial charge in [0, 0.05) is 17.9 Å². The minimum Gasteiger partial charge on any atom is -0.0813 e. The number of rotatable bonds is 3. The summed E-state index contributed by atoms with van der Waals surface area (Å²) in [7, 11) is 0. The maximum Gasteiger partial charge on any atom is 0.154 e. The molecule has 0 aliphatic heterocycles. The van der Waals surface area contributed by atoms with E-state index in [1.807, 2.05) is 30.3 Å². The van der Waals surface area contributed by atoms with E-state index in [0.717, 1.165) is 23.5 Å². The van der Waals surface area contributed by atoms with Gasteiger partial charge in [-0.25, -0.2) is 0 Å². The Morgan fingerprint density at radius 1 is 0.778 bits per heavy atom. The van der Waals surface area contributed by atoms with Crippen molar-refractivity contribution in [1.82, 2.24) is 0 Å². The topological polar surface area (TPSA) is 0 Å². The Hall–Kier alpha value is 4.46. The van der Waals surface area contributed by atoms with Crippen LogP contribution in [-0.4, -0.2) is 15.6 Å². The second-order valence-electron chi connectivity index (χ2n) is 5.46. The Bertz CT molecular complexity index is 793. The molecule has 27 heavy (non-hydrogen) atoms. The van der Waals surface area contributed by atoms with Crippen molar-refractivity contribution >= 4 is 191 Å². The Labute approximate surface area is 259 Å². The lowest BCUT2D eigenvalue weighted by Crippen LogP contribution is -2.65. The standard InChI is InChI=1S/C15H6Br12/c16-7-8(17)10(19)12(21,11(20)9(7)18)14(24,15(25,26)27)13(22,23)6-4-2-1-3-5-6/h1-5,10H. The first-order chi connectivity index (χ1) is 12.2. The van der Waals surface area contributed by atoms with Gasteiger partial charge in [0.25, 0.3) is 0 Å². The van der Waals surface area contributed by atoms with Gasteiger partial charge in [-0.15, -0.1) is 0 Å². The molecule has 0 saturated carbocycles. The first kappa shape index (κ1) is 27.7. The van der Waals surface area contributed by atoms with Crippen LogP contribution >= 0.6 is 191 Å². The second-order valence-corrected chi connectivity index (χ2v) is 22.3. The minimum atomic E-state index is -0.819. The van der Waals surface area contributed by atoms with Crippen molar-refractivity contribution in [1.29, 1.82) is 0 Å². The molecule has 0 aromatic heterocycles. The van der Waals surface area contributed by atoms with Crippen molar-refractivity contribution in [2.24, 2.45) is 0 Å². The number of hydrogen-bond acceptors (Lipinski definition) is 0. The van der Waals surface area contributed by atoms with Crippen molar-refractivity contribution in [2.75, 3.05) is 0 Å². The van der Waals surface area contributed by atoms with Crippen molar-refractivity contribution in [2.45, 2.75) is 18.9 Å². The highest BCUT2D eigenvalue weighted by atomic mass is 80.0. The van der Waals surface area contributed by atoms with E-state index in [4.69, 9.17) is 0 Å². The number of allylic oxidation sites excluding steroid dienone is 4. The maximum absolute atomic E-state index is 4.08. The van der Waals surface area contributed by atoms with E-state index in [-0.39, 0.29) is 4.83 Å². The molecule has 0 heterocycles. The lowest BCUT2D eigenvalue weighted by Gasteiger charge is -2.57. The van der Waals surface area contributed by atoms with Crippen LogP contribution < -0.4 is 0 Å². The molecule has 12 heteroatoms. The highest BCUT2D eigenvalue weighted by molar-refractivity contribution is 9.40. The van der Waals surface area contributed by atoms with Gasteiger partial charge in [-0.05, 0) is 37.4 Å². The first-order valence-electron chi connectivity index (χ1n) is 6.79. The first-order valence-corrected chi connectivity index (χ1v) is 16.4. The maximum atomic E-state index is 4.08. The zero-order chi connectivity index (χ0) is 21.0. The third-order valence-electron chi connectivity index (χ3n) is 3.95. The van der Waals surface area contributed by atoms with Crippen LogP contribution in [0.3, 0.4) is 0 Å². The van der Waals surface area contributed by atoms with Crippen LogP contribution in [0.2, 0.25) is 0 Å². The smallest absolute Gasteiger partial charge is 0.0813 e. The molecule has 0 N–H and O–H groups in total. The Morgan fingerprint density at radius 3 is 1.70 bits per heavy atom. The SMILES string of the molecule is BrC1=C(Br)C(Br)C(Br)(C(Br)(C(Br)(Br)Br)C(Br)(Br)c2ccccc2)C(Br)=C1Br. The molecule has 2 rings (SSSR count). The van der Waals surface area contributed by atoms with Gasteiger partial charge in [-0.1, -0.05) is 190 Å². The van der Waals surface area contributed by atoms with Crippen molar-refractivity contribution in [3.8, 4) is 0 Å². The highest BCUT2D eigenvalue weighted by Gasteiger charge is 2.72. The molecule has 1 aromatic rings. The minimum absolute atomic E-state index is 0.167. The predicted molar refractivity (Wildman–Crippen MR) is 161 cm³/mol. The molecule has 3 unspecified atom stereocenters. The van der Waals surface area contributed by atoms with Crippen LogP contribution in [-0.2, 0) is 3.23 Å². The fourth-order valence-corrected chi connectivity index (χ4v) is 16.0. The summed E-state index contributed by atoms with van der Waals surface area (Å²) in [5.41, 5.74) is 1.02. The van der Waals surface area contributed by atoms with E-state index < -0.39 is 14.0 Å². The fraction of sp³-hybridized carbons (Fsp3) is 0.333. The van der Waals surface area contributed by atoms with Crippen LogP contribution in [0.25, 0.3) is 0 Å². The molecule has 0 bridgehead atoms. The average Bonchev–Trinajstić information content (AvgIpc) is 2.62. The summed E-state index contributed by atoms with van der Waals surface area (Å²) in [6.07, 6.45) is 0. The molecule has 0 amide bonds. The van der Waals surface area contributed by atoms with Gasteiger partial charge >= 0.3 is 0 Å². The van der Waals surface area contributed by atoms with Crippen LogP contribution in [0.15, 0.2) is 48.3 Å². The zero-order valence-corrected chi connectivity index (χ0v) is 31.5. The summed E-state index contributed by atoms with van der Waals surface area (Å²) in [6, 6.07) is 10.1. The molecule has 0 nitrogen and oxygen atoms in total. The number of halogens is 12. The summed E-state index contributed by atoms with van der Waals surface area (Å²) < 4.78 is 0.566. The molecular weight excluding hydrogens is 1140 g/mol. The fourth-order valence-electron chi connectivity index (χ4n) is 2.54. The third kappa shape index (κ3) is 4.57. The molecule has 0 spiro atoms. The van der Waals surface area contributed by atoms with Gasteiger partial charge in [0.15, 0.2) is 2.14 Å². The molecule has 3 atom stereocenters. The monoisotopic (exact) mass is 1130 g/mol. The summed E-state index contributed by atoms with van der Waals surface area (Å²) in [4.78, 5) is -0.167. The Kier molecular flexibility index (Phi) is 10.2. The van der Waals surface area contributed by atoms with E-state index in [1.165, 1.54) is 0 Å². The molecule has 1 aromatic carbocycles. The van der Waals surface area contributed by atoms with E-state index >= 15 is 0 Å². The van der Waals surface area contributed by atoms with Gasteiger partial charge in [0.1, 0.15) is 7.56 Å². The molecule has 0 radical (unpaired) electrons. The summed E-state index contributed by atoms with van der Waals surface area (Å²) in [5, 5.41) is 0. The van der Waals surface area contributed by atoms with E-state index in [0.29, 0.717) is 0 Å². The largest absolute Gasteiger partial charge is 0.154 e. The molecule has 150 valence electrons. The number of hydrogen-bond donors (Lipinski definition) is 0. The summed E-state index contributed by atoms with van der Waals surface area (Å²) >= 11 is 46.2. The van der Waals surface area contributed by atoms with E-state index in [2.05, 4.69) is 191 Å². The van der Waals surface area contributed by atoms with Crippen molar-refractivity contribution in [3.63, 3.8) is 0 Å². The summed E-state index contributed by atoms with van der Waals surface area (Å²) in [5.74, 6) is 0. The normalized spacial score (nSPS) is 27.0. The Balaban J connectivity index is 2.90.